The van der Waals surface area contributed by atoms with E-state index in [0.717, 1.165) is 22.9 Å². The minimum absolute atomic E-state index is 0.0414. The molecule has 7 heteroatoms. The molecule has 0 saturated heterocycles. The van der Waals surface area contributed by atoms with Gasteiger partial charge in [-0.3, -0.25) is 14.4 Å². The lowest BCUT2D eigenvalue weighted by atomic mass is 10.1. The van der Waals surface area contributed by atoms with E-state index in [1.807, 2.05) is 30.5 Å². The van der Waals surface area contributed by atoms with Crippen LogP contribution in [0.15, 0.2) is 47.5 Å². The third kappa shape index (κ3) is 3.31. The summed E-state index contributed by atoms with van der Waals surface area (Å²) in [6.07, 6.45) is 4.32. The van der Waals surface area contributed by atoms with Gasteiger partial charge in [0.05, 0.1) is 12.1 Å². The Kier molecular flexibility index (Phi) is 4.50. The number of pyridine rings is 1. The monoisotopic (exact) mass is 378 g/mol. The van der Waals surface area contributed by atoms with Crippen molar-refractivity contribution in [3.05, 3.63) is 69.8 Å². The van der Waals surface area contributed by atoms with Crippen molar-refractivity contribution in [2.24, 2.45) is 5.92 Å². The quantitative estimate of drug-likeness (QED) is 0.632. The Hall–Kier alpha value is -3.35. The van der Waals surface area contributed by atoms with Crippen LogP contribution in [-0.2, 0) is 6.54 Å². The van der Waals surface area contributed by atoms with Gasteiger partial charge in [-0.2, -0.15) is 0 Å². The van der Waals surface area contributed by atoms with Crippen LogP contribution in [0.2, 0.25) is 0 Å². The predicted octanol–water partition coefficient (Wildman–Crippen LogP) is 1.88. The second-order valence-corrected chi connectivity index (χ2v) is 7.30. The number of hydrogen-bond donors (Lipinski definition) is 3. The van der Waals surface area contributed by atoms with Crippen LogP contribution in [0.5, 0.6) is 0 Å². The molecule has 1 aromatic carbocycles. The summed E-state index contributed by atoms with van der Waals surface area (Å²) in [5.74, 6) is -0.319. The minimum atomic E-state index is -0.506. The van der Waals surface area contributed by atoms with E-state index < -0.39 is 11.5 Å². The first kappa shape index (κ1) is 18.0. The molecular weight excluding hydrogens is 356 g/mol. The molecule has 7 nitrogen and oxygen atoms in total. The summed E-state index contributed by atoms with van der Waals surface area (Å²) in [4.78, 5) is 40.9. The number of benzene rings is 1. The molecule has 1 fully saturated rings. The fraction of sp³-hybridized carbons (Fsp3) is 0.286. The molecular formula is C21H22N4O3. The Bertz CT molecular complexity index is 1130. The highest BCUT2D eigenvalue weighted by Gasteiger charge is 2.34. The minimum Gasteiger partial charge on any atom is -0.361 e. The van der Waals surface area contributed by atoms with Crippen molar-refractivity contribution in [3.63, 3.8) is 0 Å². The SMILES string of the molecule is CNC(=O)c1cc(C(=O)N[C@H]2C[C@@H]2C)cn(Cc2cccc3[nH]ccc23)c1=O. The zero-order valence-corrected chi connectivity index (χ0v) is 15.8. The number of carbonyl (C=O) groups is 2. The number of fused-ring (bicyclic) bond motifs is 1. The topological polar surface area (TPSA) is 96.0 Å². The summed E-state index contributed by atoms with van der Waals surface area (Å²) in [5, 5.41) is 6.42. The van der Waals surface area contributed by atoms with Crippen LogP contribution >= 0.6 is 0 Å². The molecule has 0 bridgehead atoms. The number of amides is 2. The van der Waals surface area contributed by atoms with E-state index in [2.05, 4.69) is 22.5 Å². The Morgan fingerprint density at radius 1 is 1.25 bits per heavy atom. The highest BCUT2D eigenvalue weighted by molar-refractivity contribution is 5.99. The molecule has 2 heterocycles. The molecule has 144 valence electrons. The van der Waals surface area contributed by atoms with Crippen molar-refractivity contribution >= 4 is 22.7 Å². The molecule has 28 heavy (non-hydrogen) atoms. The lowest BCUT2D eigenvalue weighted by molar-refractivity contribution is 0.0948. The first-order valence-electron chi connectivity index (χ1n) is 9.30. The number of nitrogens with one attached hydrogen (secondary N) is 3. The number of aromatic nitrogens is 2. The number of aromatic amines is 1. The number of carbonyl (C=O) groups excluding carboxylic acids is 2. The lowest BCUT2D eigenvalue weighted by Gasteiger charge is -2.12. The molecule has 2 atom stereocenters. The van der Waals surface area contributed by atoms with Gasteiger partial charge in [0, 0.05) is 36.4 Å². The van der Waals surface area contributed by atoms with E-state index in [9.17, 15) is 14.4 Å². The van der Waals surface area contributed by atoms with Crippen LogP contribution in [0.3, 0.4) is 0 Å². The zero-order chi connectivity index (χ0) is 19.8. The molecule has 0 unspecified atom stereocenters. The van der Waals surface area contributed by atoms with Gasteiger partial charge < -0.3 is 20.2 Å². The Morgan fingerprint density at radius 3 is 2.75 bits per heavy atom. The Morgan fingerprint density at radius 2 is 2.04 bits per heavy atom. The first-order chi connectivity index (χ1) is 13.5. The van der Waals surface area contributed by atoms with Gasteiger partial charge in [0.1, 0.15) is 5.56 Å². The Labute approximate surface area is 161 Å². The maximum Gasteiger partial charge on any atom is 0.263 e. The smallest absolute Gasteiger partial charge is 0.263 e. The molecule has 4 rings (SSSR count). The van der Waals surface area contributed by atoms with Gasteiger partial charge in [0.15, 0.2) is 0 Å². The van der Waals surface area contributed by atoms with Crippen molar-refractivity contribution in [1.29, 1.82) is 0 Å². The molecule has 2 amide bonds. The maximum atomic E-state index is 12.9. The lowest BCUT2D eigenvalue weighted by Crippen LogP contribution is -2.34. The van der Waals surface area contributed by atoms with E-state index in [-0.39, 0.29) is 24.1 Å². The highest BCUT2D eigenvalue weighted by atomic mass is 16.2. The molecule has 0 radical (unpaired) electrons. The molecule has 1 saturated carbocycles. The molecule has 1 aliphatic carbocycles. The molecule has 3 aromatic rings. The Balaban J connectivity index is 1.75. The van der Waals surface area contributed by atoms with Crippen LogP contribution in [-0.4, -0.2) is 34.5 Å². The summed E-state index contributed by atoms with van der Waals surface area (Å²) in [6, 6.07) is 9.27. The fourth-order valence-electron chi connectivity index (χ4n) is 3.42. The van der Waals surface area contributed by atoms with Gasteiger partial charge in [0.25, 0.3) is 17.4 Å². The highest BCUT2D eigenvalue weighted by Crippen LogP contribution is 2.29. The van der Waals surface area contributed by atoms with Gasteiger partial charge in [0.2, 0.25) is 0 Å². The average molecular weight is 378 g/mol. The van der Waals surface area contributed by atoms with Crippen LogP contribution in [0.25, 0.3) is 10.9 Å². The van der Waals surface area contributed by atoms with Gasteiger partial charge in [-0.1, -0.05) is 19.1 Å². The van der Waals surface area contributed by atoms with E-state index in [1.54, 1.807) is 0 Å². The van der Waals surface area contributed by atoms with Crippen molar-refractivity contribution < 1.29 is 9.59 Å². The van der Waals surface area contributed by atoms with Crippen molar-refractivity contribution in [2.45, 2.75) is 25.9 Å². The molecule has 2 aromatic heterocycles. The molecule has 0 aliphatic heterocycles. The molecule has 1 aliphatic rings. The summed E-state index contributed by atoms with van der Waals surface area (Å²) in [6.45, 7) is 2.33. The third-order valence-electron chi connectivity index (χ3n) is 5.27. The average Bonchev–Trinajstić information content (AvgIpc) is 3.17. The van der Waals surface area contributed by atoms with Crippen molar-refractivity contribution in [2.75, 3.05) is 7.05 Å². The number of H-pyrrole nitrogens is 1. The molecule has 0 spiro atoms. The zero-order valence-electron chi connectivity index (χ0n) is 15.8. The standard InChI is InChI=1S/C21H22N4O3/c1-12-8-18(12)24-19(26)14-9-16(20(27)22-2)21(28)25(11-14)10-13-4-3-5-17-15(13)6-7-23-17/h3-7,9,11-12,18,23H,8,10H2,1-2H3,(H,22,27)(H,24,26)/t12-,18-/m0/s1. The fourth-order valence-corrected chi connectivity index (χ4v) is 3.42. The van der Waals surface area contributed by atoms with E-state index >= 15 is 0 Å². The predicted molar refractivity (Wildman–Crippen MR) is 107 cm³/mol. The van der Waals surface area contributed by atoms with Crippen LogP contribution in [0, 0.1) is 5.92 Å². The van der Waals surface area contributed by atoms with E-state index in [0.29, 0.717) is 11.5 Å². The van der Waals surface area contributed by atoms with Gasteiger partial charge >= 0.3 is 0 Å². The number of nitrogens with zero attached hydrogens (tertiary/aromatic N) is 1. The van der Waals surface area contributed by atoms with Crippen LogP contribution in [0.1, 0.15) is 39.6 Å². The normalized spacial score (nSPS) is 18.1. The van der Waals surface area contributed by atoms with E-state index in [4.69, 9.17) is 0 Å². The summed E-state index contributed by atoms with van der Waals surface area (Å²) in [7, 11) is 1.46. The van der Waals surface area contributed by atoms with Crippen LogP contribution in [0.4, 0.5) is 0 Å². The molecule has 3 N–H and O–H groups in total. The number of hydrogen-bond acceptors (Lipinski definition) is 3. The van der Waals surface area contributed by atoms with Gasteiger partial charge in [-0.15, -0.1) is 0 Å². The summed E-state index contributed by atoms with van der Waals surface area (Å²) < 4.78 is 1.43. The second-order valence-electron chi connectivity index (χ2n) is 7.30. The maximum absolute atomic E-state index is 12.9. The second kappa shape index (κ2) is 6.99. The largest absolute Gasteiger partial charge is 0.361 e. The number of rotatable bonds is 5. The summed E-state index contributed by atoms with van der Waals surface area (Å²) >= 11 is 0. The van der Waals surface area contributed by atoms with Gasteiger partial charge in [-0.25, -0.2) is 0 Å². The van der Waals surface area contributed by atoms with Gasteiger partial charge in [-0.05, 0) is 36.1 Å². The van der Waals surface area contributed by atoms with Crippen molar-refractivity contribution in [1.82, 2.24) is 20.2 Å². The van der Waals surface area contributed by atoms with E-state index in [1.165, 1.54) is 23.9 Å². The van der Waals surface area contributed by atoms with Crippen molar-refractivity contribution in [3.8, 4) is 0 Å². The summed E-state index contributed by atoms with van der Waals surface area (Å²) in [5.41, 5.74) is 1.73. The van der Waals surface area contributed by atoms with Crippen LogP contribution < -0.4 is 16.2 Å². The third-order valence-corrected chi connectivity index (χ3v) is 5.27. The first-order valence-corrected chi connectivity index (χ1v) is 9.30.